The highest BCUT2D eigenvalue weighted by Crippen LogP contribution is 2.39. The molecule has 0 aromatic heterocycles. The molecule has 0 aliphatic heterocycles. The first kappa shape index (κ1) is 12.8. The van der Waals surface area contributed by atoms with Crippen LogP contribution >= 0.6 is 11.6 Å². The fourth-order valence-electron chi connectivity index (χ4n) is 2.01. The molecule has 2 nitrogen and oxygen atoms in total. The Labute approximate surface area is 97.3 Å². The summed E-state index contributed by atoms with van der Waals surface area (Å²) in [4.78, 5) is 12.1. The molecule has 0 bridgehead atoms. The van der Waals surface area contributed by atoms with E-state index in [4.69, 9.17) is 16.3 Å². The number of ether oxygens (including phenoxy) is 1. The van der Waals surface area contributed by atoms with Crippen molar-refractivity contribution in [3.8, 4) is 0 Å². The molecule has 1 aliphatic rings. The van der Waals surface area contributed by atoms with Gasteiger partial charge in [0.2, 0.25) is 0 Å². The van der Waals surface area contributed by atoms with Gasteiger partial charge >= 0.3 is 5.97 Å². The molecule has 1 aliphatic carbocycles. The number of rotatable bonds is 2. The van der Waals surface area contributed by atoms with Gasteiger partial charge in [-0.05, 0) is 33.6 Å². The Hall–Kier alpha value is -0.240. The Balaban J connectivity index is 2.68. The van der Waals surface area contributed by atoms with Crippen molar-refractivity contribution in [1.82, 2.24) is 0 Å². The maximum absolute atomic E-state index is 12.1. The molecule has 0 amide bonds. The largest absolute Gasteiger partial charge is 0.460 e. The van der Waals surface area contributed by atoms with Gasteiger partial charge < -0.3 is 4.74 Å². The molecule has 0 aromatic rings. The van der Waals surface area contributed by atoms with E-state index in [1.807, 2.05) is 20.8 Å². The summed E-state index contributed by atoms with van der Waals surface area (Å²) in [7, 11) is 0. The van der Waals surface area contributed by atoms with Gasteiger partial charge in [0, 0.05) is 5.88 Å². The lowest BCUT2D eigenvalue weighted by Crippen LogP contribution is -2.40. The molecule has 0 aromatic carbocycles. The van der Waals surface area contributed by atoms with Crippen molar-refractivity contribution in [2.24, 2.45) is 5.41 Å². The van der Waals surface area contributed by atoms with Crippen molar-refractivity contribution in [3.05, 3.63) is 0 Å². The summed E-state index contributed by atoms with van der Waals surface area (Å²) in [5.41, 5.74) is -0.819. The van der Waals surface area contributed by atoms with Crippen LogP contribution in [-0.4, -0.2) is 17.5 Å². The van der Waals surface area contributed by atoms with Gasteiger partial charge in [0.25, 0.3) is 0 Å². The van der Waals surface area contributed by atoms with Crippen LogP contribution in [0.1, 0.15) is 52.9 Å². The monoisotopic (exact) mass is 232 g/mol. The topological polar surface area (TPSA) is 26.3 Å². The normalized spacial score (nSPS) is 21.1. The number of esters is 1. The SMILES string of the molecule is CC(C)(C)OC(=O)C1(CCl)CCCCC1. The van der Waals surface area contributed by atoms with E-state index in [9.17, 15) is 4.79 Å². The molecule has 0 saturated heterocycles. The molecule has 3 heteroatoms. The molecule has 0 radical (unpaired) electrons. The van der Waals surface area contributed by atoms with Crippen LogP contribution in [-0.2, 0) is 9.53 Å². The predicted molar refractivity (Wildman–Crippen MR) is 62.1 cm³/mol. The molecule has 0 unspecified atom stereocenters. The van der Waals surface area contributed by atoms with Crippen LogP contribution in [0.15, 0.2) is 0 Å². The van der Waals surface area contributed by atoms with Gasteiger partial charge in [-0.15, -0.1) is 11.6 Å². The maximum Gasteiger partial charge on any atom is 0.313 e. The molecular formula is C12H21ClO2. The Kier molecular flexibility index (Phi) is 4.05. The van der Waals surface area contributed by atoms with Gasteiger partial charge in [-0.1, -0.05) is 19.3 Å². The van der Waals surface area contributed by atoms with E-state index in [-0.39, 0.29) is 5.97 Å². The lowest BCUT2D eigenvalue weighted by atomic mass is 9.75. The number of alkyl halides is 1. The molecule has 1 fully saturated rings. The summed E-state index contributed by atoms with van der Waals surface area (Å²) >= 11 is 5.96. The van der Waals surface area contributed by atoms with E-state index in [1.54, 1.807) is 0 Å². The molecule has 15 heavy (non-hydrogen) atoms. The van der Waals surface area contributed by atoms with Crippen LogP contribution in [0.5, 0.6) is 0 Å². The van der Waals surface area contributed by atoms with E-state index in [0.29, 0.717) is 5.88 Å². The van der Waals surface area contributed by atoms with E-state index < -0.39 is 11.0 Å². The summed E-state index contributed by atoms with van der Waals surface area (Å²) in [6.45, 7) is 5.70. The van der Waals surface area contributed by atoms with Gasteiger partial charge in [-0.3, -0.25) is 4.79 Å². The van der Waals surface area contributed by atoms with Crippen LogP contribution in [0, 0.1) is 5.41 Å². The van der Waals surface area contributed by atoms with Gasteiger partial charge in [0.05, 0.1) is 5.41 Å². The van der Waals surface area contributed by atoms with Gasteiger partial charge in [0.1, 0.15) is 5.60 Å². The van der Waals surface area contributed by atoms with Gasteiger partial charge in [0.15, 0.2) is 0 Å². The third-order valence-electron chi connectivity index (χ3n) is 2.90. The summed E-state index contributed by atoms with van der Waals surface area (Å²) in [5, 5.41) is 0. The minimum Gasteiger partial charge on any atom is -0.460 e. The van der Waals surface area contributed by atoms with Crippen molar-refractivity contribution in [2.45, 2.75) is 58.5 Å². The number of hydrogen-bond acceptors (Lipinski definition) is 2. The highest BCUT2D eigenvalue weighted by molar-refractivity contribution is 6.19. The number of halogens is 1. The molecule has 1 saturated carbocycles. The second-order valence-corrected chi connectivity index (χ2v) is 5.74. The second kappa shape index (κ2) is 4.73. The number of carbonyl (C=O) groups excluding carboxylic acids is 1. The van der Waals surface area contributed by atoms with Gasteiger partial charge in [-0.2, -0.15) is 0 Å². The minimum absolute atomic E-state index is 0.107. The summed E-state index contributed by atoms with van der Waals surface area (Å²) < 4.78 is 5.45. The Morgan fingerprint density at radius 2 is 1.80 bits per heavy atom. The maximum atomic E-state index is 12.1. The third-order valence-corrected chi connectivity index (χ3v) is 3.41. The van der Waals surface area contributed by atoms with Crippen molar-refractivity contribution in [2.75, 3.05) is 5.88 Å². The molecule has 1 rings (SSSR count). The minimum atomic E-state index is -0.410. The zero-order valence-electron chi connectivity index (χ0n) is 9.94. The predicted octanol–water partition coefficient (Wildman–Crippen LogP) is 3.52. The zero-order valence-corrected chi connectivity index (χ0v) is 10.7. The van der Waals surface area contributed by atoms with E-state index in [2.05, 4.69) is 0 Å². The third kappa shape index (κ3) is 3.37. The Morgan fingerprint density at radius 3 is 2.20 bits per heavy atom. The lowest BCUT2D eigenvalue weighted by molar-refractivity contribution is -0.168. The average molecular weight is 233 g/mol. The molecule has 0 N–H and O–H groups in total. The van der Waals surface area contributed by atoms with Gasteiger partial charge in [-0.25, -0.2) is 0 Å². The van der Waals surface area contributed by atoms with Crippen LogP contribution in [0.4, 0.5) is 0 Å². The molecule has 0 heterocycles. The van der Waals surface area contributed by atoms with Crippen LogP contribution < -0.4 is 0 Å². The first-order valence-corrected chi connectivity index (χ1v) is 6.22. The van der Waals surface area contributed by atoms with Crippen molar-refractivity contribution in [3.63, 3.8) is 0 Å². The lowest BCUT2D eigenvalue weighted by Gasteiger charge is -2.35. The fourth-order valence-corrected chi connectivity index (χ4v) is 2.38. The van der Waals surface area contributed by atoms with E-state index in [0.717, 1.165) is 25.7 Å². The summed E-state index contributed by atoms with van der Waals surface area (Å²) in [5.74, 6) is 0.284. The van der Waals surface area contributed by atoms with Crippen LogP contribution in [0.2, 0.25) is 0 Å². The molecule has 0 atom stereocenters. The second-order valence-electron chi connectivity index (χ2n) is 5.48. The van der Waals surface area contributed by atoms with Crippen LogP contribution in [0.25, 0.3) is 0 Å². The Bertz CT molecular complexity index is 224. The standard InChI is InChI=1S/C12H21ClO2/c1-11(2,3)15-10(14)12(9-13)7-5-4-6-8-12/h4-9H2,1-3H3. The van der Waals surface area contributed by atoms with Crippen molar-refractivity contribution < 1.29 is 9.53 Å². The first-order chi connectivity index (χ1) is 6.90. The zero-order chi connectivity index (χ0) is 11.5. The van der Waals surface area contributed by atoms with Crippen molar-refractivity contribution in [1.29, 1.82) is 0 Å². The van der Waals surface area contributed by atoms with Crippen LogP contribution in [0.3, 0.4) is 0 Å². The highest BCUT2D eigenvalue weighted by Gasteiger charge is 2.41. The number of carbonyl (C=O) groups is 1. The Morgan fingerprint density at radius 1 is 1.27 bits per heavy atom. The number of hydrogen-bond donors (Lipinski definition) is 0. The smallest absolute Gasteiger partial charge is 0.313 e. The summed E-state index contributed by atoms with van der Waals surface area (Å²) in [6, 6.07) is 0. The van der Waals surface area contributed by atoms with E-state index >= 15 is 0 Å². The van der Waals surface area contributed by atoms with E-state index in [1.165, 1.54) is 6.42 Å². The average Bonchev–Trinajstić information content (AvgIpc) is 2.16. The first-order valence-electron chi connectivity index (χ1n) is 5.69. The molecular weight excluding hydrogens is 212 g/mol. The summed E-state index contributed by atoms with van der Waals surface area (Å²) in [6.07, 6.45) is 5.15. The highest BCUT2D eigenvalue weighted by atomic mass is 35.5. The fraction of sp³-hybridized carbons (Fsp3) is 0.917. The molecule has 88 valence electrons. The molecule has 0 spiro atoms. The van der Waals surface area contributed by atoms with Crippen molar-refractivity contribution >= 4 is 17.6 Å². The quantitative estimate of drug-likeness (QED) is 0.538.